The molecule has 1 aromatic carbocycles. The summed E-state index contributed by atoms with van der Waals surface area (Å²) in [6.45, 7) is 2.04. The molecule has 134 valence electrons. The molecule has 0 saturated heterocycles. The lowest BCUT2D eigenvalue weighted by Gasteiger charge is -2.22. The highest BCUT2D eigenvalue weighted by atomic mass is 16.5. The van der Waals surface area contributed by atoms with Crippen LogP contribution in [0, 0.1) is 6.92 Å². The third kappa shape index (κ3) is 4.35. The first kappa shape index (κ1) is 18.9. The van der Waals surface area contributed by atoms with Crippen molar-refractivity contribution < 1.29 is 19.8 Å². The standard InChI is InChI=1S/C19H25N3O3/c1-13-19(24)16(14(12-23)9-21-13)10-20-11-17(22(2)3)15-7-5-6-8-18(15)25-4/h5-10,17,23-24H,11-12H2,1-4H3/p+1/t17-/m0/s1. The van der Waals surface area contributed by atoms with Gasteiger partial charge in [0, 0.05) is 23.5 Å². The van der Waals surface area contributed by atoms with Crippen molar-refractivity contribution in [3.63, 3.8) is 0 Å². The summed E-state index contributed by atoms with van der Waals surface area (Å²) in [7, 11) is 5.80. The lowest BCUT2D eigenvalue weighted by Crippen LogP contribution is -3.06. The number of nitrogens with one attached hydrogen (secondary N) is 1. The number of para-hydroxylation sites is 1. The Labute approximate surface area is 148 Å². The number of methoxy groups -OCH3 is 1. The predicted molar refractivity (Wildman–Crippen MR) is 97.6 cm³/mol. The SMILES string of the molecule is COc1ccccc1[C@H](CN=Cc1c(CO)cnc(C)c1O)[NH+](C)C. The number of pyridine rings is 1. The Bertz CT molecular complexity index is 745. The van der Waals surface area contributed by atoms with E-state index >= 15 is 0 Å². The maximum Gasteiger partial charge on any atom is 0.145 e. The van der Waals surface area contributed by atoms with E-state index in [9.17, 15) is 10.2 Å². The van der Waals surface area contributed by atoms with Gasteiger partial charge >= 0.3 is 0 Å². The van der Waals surface area contributed by atoms with Crippen molar-refractivity contribution in [2.24, 2.45) is 4.99 Å². The fraction of sp³-hybridized carbons (Fsp3) is 0.368. The average Bonchev–Trinajstić information content (AvgIpc) is 2.62. The molecule has 6 nitrogen and oxygen atoms in total. The fourth-order valence-corrected chi connectivity index (χ4v) is 2.72. The molecule has 0 aliphatic rings. The fourth-order valence-electron chi connectivity index (χ4n) is 2.72. The largest absolute Gasteiger partial charge is 0.505 e. The number of aliphatic imine (C=N–C) groups is 1. The van der Waals surface area contributed by atoms with Gasteiger partial charge in [-0.05, 0) is 19.1 Å². The van der Waals surface area contributed by atoms with Gasteiger partial charge in [0.15, 0.2) is 0 Å². The summed E-state index contributed by atoms with van der Waals surface area (Å²) in [5, 5.41) is 19.6. The van der Waals surface area contributed by atoms with Gasteiger partial charge in [0.05, 0.1) is 45.6 Å². The average molecular weight is 344 g/mol. The highest BCUT2D eigenvalue weighted by molar-refractivity contribution is 5.85. The summed E-state index contributed by atoms with van der Waals surface area (Å²) in [6.07, 6.45) is 3.17. The van der Waals surface area contributed by atoms with Crippen LogP contribution in [0.5, 0.6) is 11.5 Å². The summed E-state index contributed by atoms with van der Waals surface area (Å²) < 4.78 is 5.47. The first-order valence-electron chi connectivity index (χ1n) is 8.20. The van der Waals surface area contributed by atoms with Crippen molar-refractivity contribution in [1.29, 1.82) is 0 Å². The van der Waals surface area contributed by atoms with E-state index in [4.69, 9.17) is 4.74 Å². The van der Waals surface area contributed by atoms with Crippen molar-refractivity contribution in [2.45, 2.75) is 19.6 Å². The normalized spacial score (nSPS) is 12.7. The van der Waals surface area contributed by atoms with Gasteiger partial charge in [-0.1, -0.05) is 12.1 Å². The summed E-state index contributed by atoms with van der Waals surface area (Å²) >= 11 is 0. The van der Waals surface area contributed by atoms with E-state index in [1.165, 1.54) is 4.90 Å². The lowest BCUT2D eigenvalue weighted by atomic mass is 10.0. The van der Waals surface area contributed by atoms with Gasteiger partial charge in [-0.15, -0.1) is 0 Å². The third-order valence-electron chi connectivity index (χ3n) is 4.25. The summed E-state index contributed by atoms with van der Waals surface area (Å²) in [5.41, 5.74) is 2.67. The molecule has 0 bridgehead atoms. The Balaban J connectivity index is 2.28. The van der Waals surface area contributed by atoms with E-state index in [-0.39, 0.29) is 18.4 Å². The number of benzene rings is 1. The van der Waals surface area contributed by atoms with Crippen molar-refractivity contribution >= 4 is 6.21 Å². The quantitative estimate of drug-likeness (QED) is 0.652. The molecule has 0 radical (unpaired) electrons. The highest BCUT2D eigenvalue weighted by Crippen LogP contribution is 2.24. The Hall–Kier alpha value is -2.44. The molecule has 0 saturated carbocycles. The van der Waals surface area contributed by atoms with Crippen LogP contribution >= 0.6 is 0 Å². The first-order valence-corrected chi connectivity index (χ1v) is 8.20. The Kier molecular flexibility index (Phi) is 6.50. The molecule has 1 aromatic heterocycles. The van der Waals surface area contributed by atoms with Crippen molar-refractivity contribution in [3.05, 3.63) is 52.8 Å². The van der Waals surface area contributed by atoms with Crippen LogP contribution in [0.3, 0.4) is 0 Å². The second-order valence-electron chi connectivity index (χ2n) is 6.16. The molecule has 0 spiro atoms. The summed E-state index contributed by atoms with van der Waals surface area (Å²) in [4.78, 5) is 9.81. The minimum Gasteiger partial charge on any atom is -0.505 e. The Morgan fingerprint density at radius 1 is 1.32 bits per heavy atom. The maximum atomic E-state index is 10.2. The van der Waals surface area contributed by atoms with Crippen LogP contribution in [0.25, 0.3) is 0 Å². The van der Waals surface area contributed by atoms with Gasteiger partial charge in [-0.2, -0.15) is 0 Å². The second-order valence-corrected chi connectivity index (χ2v) is 6.16. The van der Waals surface area contributed by atoms with E-state index < -0.39 is 0 Å². The number of ether oxygens (including phenoxy) is 1. The van der Waals surface area contributed by atoms with E-state index in [2.05, 4.69) is 24.1 Å². The van der Waals surface area contributed by atoms with Crippen LogP contribution in [0.2, 0.25) is 0 Å². The van der Waals surface area contributed by atoms with Gasteiger partial charge in [0.25, 0.3) is 0 Å². The van der Waals surface area contributed by atoms with Crippen molar-refractivity contribution in [2.75, 3.05) is 27.7 Å². The number of nitrogens with zero attached hydrogens (tertiary/aromatic N) is 2. The zero-order chi connectivity index (χ0) is 18.4. The zero-order valence-electron chi connectivity index (χ0n) is 15.2. The number of hydrogen-bond donors (Lipinski definition) is 3. The molecule has 25 heavy (non-hydrogen) atoms. The first-order chi connectivity index (χ1) is 12.0. The summed E-state index contributed by atoms with van der Waals surface area (Å²) in [5.74, 6) is 0.892. The molecule has 6 heteroatoms. The van der Waals surface area contributed by atoms with Gasteiger partial charge in [0.1, 0.15) is 17.5 Å². The smallest absolute Gasteiger partial charge is 0.145 e. The number of aromatic nitrogens is 1. The molecule has 3 N–H and O–H groups in total. The van der Waals surface area contributed by atoms with Crippen LogP contribution in [-0.2, 0) is 6.61 Å². The molecule has 0 aliphatic carbocycles. The van der Waals surface area contributed by atoms with Crippen LogP contribution < -0.4 is 9.64 Å². The molecule has 2 rings (SSSR count). The van der Waals surface area contributed by atoms with Crippen molar-refractivity contribution in [3.8, 4) is 11.5 Å². The van der Waals surface area contributed by atoms with Crippen LogP contribution in [-0.4, -0.2) is 49.2 Å². The lowest BCUT2D eigenvalue weighted by molar-refractivity contribution is -0.890. The van der Waals surface area contributed by atoms with E-state index in [1.54, 1.807) is 26.4 Å². The van der Waals surface area contributed by atoms with Crippen molar-refractivity contribution in [1.82, 2.24) is 4.98 Å². The van der Waals surface area contributed by atoms with Crippen LogP contribution in [0.15, 0.2) is 35.5 Å². The number of hydrogen-bond acceptors (Lipinski definition) is 5. The van der Waals surface area contributed by atoms with Gasteiger partial charge < -0.3 is 19.8 Å². The maximum absolute atomic E-state index is 10.2. The van der Waals surface area contributed by atoms with E-state index in [0.29, 0.717) is 23.4 Å². The molecular weight excluding hydrogens is 318 g/mol. The van der Waals surface area contributed by atoms with Crippen LogP contribution in [0.4, 0.5) is 0 Å². The van der Waals surface area contributed by atoms with E-state index in [1.807, 2.05) is 24.3 Å². The van der Waals surface area contributed by atoms with Gasteiger partial charge in [-0.25, -0.2) is 0 Å². The number of aliphatic hydroxyl groups is 1. The molecule has 1 heterocycles. The number of aliphatic hydroxyl groups excluding tert-OH is 1. The number of rotatable bonds is 7. The number of likely N-dealkylation sites (N-methyl/N-ethyl adjacent to an activating group) is 1. The summed E-state index contributed by atoms with van der Waals surface area (Å²) in [6, 6.07) is 8.02. The highest BCUT2D eigenvalue weighted by Gasteiger charge is 2.21. The molecular formula is C19H26N3O3+. The Morgan fingerprint density at radius 2 is 2.04 bits per heavy atom. The minimum atomic E-state index is -0.197. The Morgan fingerprint density at radius 3 is 2.68 bits per heavy atom. The monoisotopic (exact) mass is 344 g/mol. The molecule has 1 atom stereocenters. The second kappa shape index (κ2) is 8.60. The molecule has 0 unspecified atom stereocenters. The zero-order valence-corrected chi connectivity index (χ0v) is 15.2. The van der Waals surface area contributed by atoms with E-state index in [0.717, 1.165) is 11.3 Å². The number of aryl methyl sites for hydroxylation is 1. The molecule has 0 amide bonds. The number of aromatic hydroxyl groups is 1. The van der Waals surface area contributed by atoms with Crippen LogP contribution in [0.1, 0.15) is 28.4 Å². The topological polar surface area (TPSA) is 79.4 Å². The minimum absolute atomic E-state index is 0.0568. The molecule has 0 aliphatic heterocycles. The van der Waals surface area contributed by atoms with Gasteiger partial charge in [-0.3, -0.25) is 9.98 Å². The number of quaternary nitrogens is 1. The predicted octanol–water partition coefficient (Wildman–Crippen LogP) is 0.901. The molecule has 0 fully saturated rings. The van der Waals surface area contributed by atoms with Gasteiger partial charge in [0.2, 0.25) is 0 Å². The molecule has 2 aromatic rings. The third-order valence-corrected chi connectivity index (χ3v) is 4.25.